The quantitative estimate of drug-likeness (QED) is 0.678. The van der Waals surface area contributed by atoms with Crippen molar-refractivity contribution in [3.8, 4) is 5.69 Å². The van der Waals surface area contributed by atoms with Crippen LogP contribution in [0.3, 0.4) is 0 Å². The van der Waals surface area contributed by atoms with Crippen molar-refractivity contribution in [2.45, 2.75) is 37.5 Å². The van der Waals surface area contributed by atoms with Gasteiger partial charge in [-0.25, -0.2) is 9.48 Å². The predicted molar refractivity (Wildman–Crippen MR) is 101 cm³/mol. The first kappa shape index (κ1) is 17.7. The Labute approximate surface area is 161 Å². The van der Waals surface area contributed by atoms with Crippen molar-refractivity contribution in [1.29, 1.82) is 0 Å². The van der Waals surface area contributed by atoms with E-state index in [1.165, 1.54) is 0 Å². The molecule has 0 amide bonds. The molecule has 3 aromatic rings. The summed E-state index contributed by atoms with van der Waals surface area (Å²) < 4.78 is 3.42. The van der Waals surface area contributed by atoms with Gasteiger partial charge in [-0.2, -0.15) is 5.10 Å². The van der Waals surface area contributed by atoms with Gasteiger partial charge in [0.2, 0.25) is 0 Å². The number of benzene rings is 1. The van der Waals surface area contributed by atoms with Crippen LogP contribution in [-0.4, -0.2) is 35.9 Å². The second kappa shape index (κ2) is 6.49. The number of carbonyl (C=O) groups is 1. The molecule has 7 nitrogen and oxygen atoms in total. The summed E-state index contributed by atoms with van der Waals surface area (Å²) in [5.41, 5.74) is 4.16. The van der Waals surface area contributed by atoms with Gasteiger partial charge in [-0.15, -0.1) is 16.7 Å². The molecule has 1 aromatic carbocycles. The van der Waals surface area contributed by atoms with Crippen LogP contribution in [0.25, 0.3) is 5.69 Å². The highest BCUT2D eigenvalue weighted by Gasteiger charge is 2.46. The molecule has 3 unspecified atom stereocenters. The van der Waals surface area contributed by atoms with Gasteiger partial charge < -0.3 is 5.11 Å². The van der Waals surface area contributed by atoms with Crippen LogP contribution in [0.5, 0.6) is 0 Å². The molecule has 0 aliphatic heterocycles. The molecule has 1 saturated carbocycles. The van der Waals surface area contributed by atoms with Crippen LogP contribution in [0.4, 0.5) is 0 Å². The van der Waals surface area contributed by atoms with Crippen molar-refractivity contribution < 1.29 is 9.90 Å². The van der Waals surface area contributed by atoms with Gasteiger partial charge >= 0.3 is 5.97 Å². The van der Waals surface area contributed by atoms with Crippen molar-refractivity contribution >= 4 is 17.6 Å². The zero-order valence-electron chi connectivity index (χ0n) is 15.3. The van der Waals surface area contributed by atoms with E-state index in [2.05, 4.69) is 15.4 Å². The number of rotatable bonds is 5. The molecule has 1 fully saturated rings. The monoisotopic (exact) mass is 385 g/mol. The highest BCUT2D eigenvalue weighted by molar-refractivity contribution is 6.20. The predicted octanol–water partition coefficient (Wildman–Crippen LogP) is 3.58. The summed E-state index contributed by atoms with van der Waals surface area (Å²) in [6.45, 7) is 3.64. The summed E-state index contributed by atoms with van der Waals surface area (Å²) in [5.74, 6) is -0.756. The molecule has 0 saturated heterocycles. The summed E-state index contributed by atoms with van der Waals surface area (Å²) in [6, 6.07) is 7.75. The van der Waals surface area contributed by atoms with E-state index in [0.29, 0.717) is 5.69 Å². The molecule has 1 aliphatic rings. The van der Waals surface area contributed by atoms with Crippen LogP contribution in [-0.2, 0) is 7.05 Å². The number of aryl methyl sites for hydroxylation is 2. The first-order valence-electron chi connectivity index (χ1n) is 8.80. The van der Waals surface area contributed by atoms with E-state index >= 15 is 0 Å². The molecule has 8 heteroatoms. The van der Waals surface area contributed by atoms with E-state index in [1.54, 1.807) is 16.3 Å². The molecular weight excluding hydrogens is 366 g/mol. The van der Waals surface area contributed by atoms with Gasteiger partial charge in [-0.1, -0.05) is 17.3 Å². The highest BCUT2D eigenvalue weighted by Crippen LogP contribution is 2.55. The summed E-state index contributed by atoms with van der Waals surface area (Å²) in [5, 5.41) is 22.4. The number of carboxylic acids is 1. The highest BCUT2D eigenvalue weighted by atomic mass is 35.5. The minimum absolute atomic E-state index is 0.0473. The van der Waals surface area contributed by atoms with E-state index in [9.17, 15) is 9.90 Å². The number of halogens is 1. The summed E-state index contributed by atoms with van der Waals surface area (Å²) in [6.07, 6.45) is 2.71. The van der Waals surface area contributed by atoms with Gasteiger partial charge in [0.05, 0.1) is 28.1 Å². The molecule has 3 atom stereocenters. The van der Waals surface area contributed by atoms with Gasteiger partial charge in [0.25, 0.3) is 0 Å². The SMILES string of the molecule is Cc1nn(-c2cccc(C(C)Cl)c2)c(C2CC2c2cn(C)nn2)c1C(=O)O. The van der Waals surface area contributed by atoms with E-state index in [1.807, 2.05) is 44.4 Å². The maximum absolute atomic E-state index is 11.9. The second-order valence-electron chi connectivity index (χ2n) is 7.04. The Kier molecular flexibility index (Phi) is 4.26. The van der Waals surface area contributed by atoms with Crippen molar-refractivity contribution in [3.05, 3.63) is 58.7 Å². The topological polar surface area (TPSA) is 85.8 Å². The molecular formula is C19H20ClN5O2. The number of hydrogen-bond acceptors (Lipinski definition) is 4. The minimum Gasteiger partial charge on any atom is -0.478 e. The number of aromatic nitrogens is 5. The van der Waals surface area contributed by atoms with Gasteiger partial charge in [0, 0.05) is 25.1 Å². The number of hydrogen-bond donors (Lipinski definition) is 1. The van der Waals surface area contributed by atoms with E-state index < -0.39 is 5.97 Å². The molecule has 140 valence electrons. The zero-order chi connectivity index (χ0) is 19.3. The maximum atomic E-state index is 11.9. The molecule has 2 heterocycles. The van der Waals surface area contributed by atoms with Crippen LogP contribution in [0.2, 0.25) is 0 Å². The average molecular weight is 386 g/mol. The minimum atomic E-state index is -0.958. The largest absolute Gasteiger partial charge is 0.478 e. The molecule has 1 N–H and O–H groups in total. The lowest BCUT2D eigenvalue weighted by atomic mass is 10.1. The fourth-order valence-corrected chi connectivity index (χ4v) is 3.75. The normalized spacial score (nSPS) is 19.9. The number of aromatic carboxylic acids is 1. The average Bonchev–Trinajstić information content (AvgIpc) is 3.16. The molecule has 0 spiro atoms. The summed E-state index contributed by atoms with van der Waals surface area (Å²) in [4.78, 5) is 11.9. The zero-order valence-corrected chi connectivity index (χ0v) is 16.1. The Morgan fingerprint density at radius 2 is 2.15 bits per heavy atom. The van der Waals surface area contributed by atoms with Gasteiger partial charge in [-0.05, 0) is 38.0 Å². The van der Waals surface area contributed by atoms with Gasteiger partial charge in [0.1, 0.15) is 5.56 Å². The molecule has 2 aromatic heterocycles. The maximum Gasteiger partial charge on any atom is 0.339 e. The number of carboxylic acid groups (broad SMARTS) is 1. The third-order valence-corrected chi connectivity index (χ3v) is 5.28. The summed E-state index contributed by atoms with van der Waals surface area (Å²) in [7, 11) is 1.82. The van der Waals surface area contributed by atoms with Crippen molar-refractivity contribution in [2.75, 3.05) is 0 Å². The Bertz CT molecular complexity index is 1020. The lowest BCUT2D eigenvalue weighted by Gasteiger charge is -2.11. The third-order valence-electron chi connectivity index (χ3n) is 5.03. The Hall–Kier alpha value is -2.67. The standard InChI is InChI=1S/C19H20ClN5O2/c1-10(20)12-5-4-6-13(7-12)25-18(17(19(26)27)11(2)22-25)15-8-14(15)16-9-24(3)23-21-16/h4-7,9-10,14-15H,8H2,1-3H3,(H,26,27). The molecule has 0 bridgehead atoms. The van der Waals surface area contributed by atoms with Crippen molar-refractivity contribution in [1.82, 2.24) is 24.8 Å². The van der Waals surface area contributed by atoms with Crippen LogP contribution in [0.15, 0.2) is 30.5 Å². The van der Waals surface area contributed by atoms with Crippen molar-refractivity contribution in [3.63, 3.8) is 0 Å². The molecule has 1 aliphatic carbocycles. The van der Waals surface area contributed by atoms with Crippen LogP contribution >= 0.6 is 11.6 Å². The molecule has 0 radical (unpaired) electrons. The number of alkyl halides is 1. The Balaban J connectivity index is 1.81. The fraction of sp³-hybridized carbons (Fsp3) is 0.368. The number of nitrogens with zero attached hydrogens (tertiary/aromatic N) is 5. The van der Waals surface area contributed by atoms with Gasteiger partial charge in [0.15, 0.2) is 0 Å². The first-order valence-corrected chi connectivity index (χ1v) is 9.24. The second-order valence-corrected chi connectivity index (χ2v) is 7.69. The van der Waals surface area contributed by atoms with Crippen LogP contribution in [0.1, 0.15) is 63.6 Å². The third kappa shape index (κ3) is 3.12. The Morgan fingerprint density at radius 3 is 2.78 bits per heavy atom. The van der Waals surface area contributed by atoms with Crippen molar-refractivity contribution in [2.24, 2.45) is 7.05 Å². The van der Waals surface area contributed by atoms with Crippen LogP contribution < -0.4 is 0 Å². The molecule has 4 rings (SSSR count). The molecule has 27 heavy (non-hydrogen) atoms. The fourth-order valence-electron chi connectivity index (χ4n) is 3.61. The lowest BCUT2D eigenvalue weighted by Crippen LogP contribution is -2.07. The van der Waals surface area contributed by atoms with Crippen LogP contribution in [0, 0.1) is 6.92 Å². The Morgan fingerprint density at radius 1 is 1.37 bits per heavy atom. The van der Waals surface area contributed by atoms with E-state index in [0.717, 1.165) is 29.1 Å². The lowest BCUT2D eigenvalue weighted by molar-refractivity contribution is 0.0695. The van der Waals surface area contributed by atoms with E-state index in [-0.39, 0.29) is 22.8 Å². The first-order chi connectivity index (χ1) is 12.9. The smallest absolute Gasteiger partial charge is 0.339 e. The van der Waals surface area contributed by atoms with E-state index in [4.69, 9.17) is 11.6 Å². The summed E-state index contributed by atoms with van der Waals surface area (Å²) >= 11 is 6.23. The van der Waals surface area contributed by atoms with Gasteiger partial charge in [-0.3, -0.25) is 4.68 Å².